The SMILES string of the molecule is CCc1nc(SCc2cccc(F)c2)c2oc3ccccc3c2n1. The molecular weight excluding hydrogens is 323 g/mol. The third-order valence-corrected chi connectivity index (χ3v) is 4.84. The standard InChI is InChI=1S/C19H15FN2OS/c1-2-16-21-17-14-8-3-4-9-15(14)23-18(17)19(22-16)24-11-12-6-5-7-13(20)10-12/h3-10H,2,11H2,1H3. The number of benzene rings is 2. The molecule has 0 radical (unpaired) electrons. The average Bonchev–Trinajstić information content (AvgIpc) is 2.98. The van der Waals surface area contributed by atoms with Gasteiger partial charge in [0.2, 0.25) is 0 Å². The predicted octanol–water partition coefficient (Wildman–Crippen LogP) is 5.37. The van der Waals surface area contributed by atoms with Crippen LogP contribution in [0.1, 0.15) is 18.3 Å². The lowest BCUT2D eigenvalue weighted by Gasteiger charge is -2.04. The molecule has 3 nitrogen and oxygen atoms in total. The summed E-state index contributed by atoms with van der Waals surface area (Å²) in [6.45, 7) is 2.03. The van der Waals surface area contributed by atoms with Crippen LogP contribution < -0.4 is 0 Å². The number of halogens is 1. The van der Waals surface area contributed by atoms with E-state index in [1.807, 2.05) is 37.3 Å². The molecule has 0 unspecified atom stereocenters. The van der Waals surface area contributed by atoms with Crippen LogP contribution in [-0.4, -0.2) is 9.97 Å². The van der Waals surface area contributed by atoms with Crippen molar-refractivity contribution in [1.82, 2.24) is 9.97 Å². The predicted molar refractivity (Wildman–Crippen MR) is 94.6 cm³/mol. The number of aromatic nitrogens is 2. The summed E-state index contributed by atoms with van der Waals surface area (Å²) in [5.74, 6) is 1.19. The van der Waals surface area contributed by atoms with Gasteiger partial charge in [-0.15, -0.1) is 0 Å². The van der Waals surface area contributed by atoms with Gasteiger partial charge in [0.1, 0.15) is 27.8 Å². The molecule has 0 saturated carbocycles. The lowest BCUT2D eigenvalue weighted by Crippen LogP contribution is -1.95. The monoisotopic (exact) mass is 338 g/mol. The zero-order valence-electron chi connectivity index (χ0n) is 13.1. The van der Waals surface area contributed by atoms with Gasteiger partial charge in [-0.3, -0.25) is 0 Å². The van der Waals surface area contributed by atoms with Crippen LogP contribution in [0.5, 0.6) is 0 Å². The second-order valence-corrected chi connectivity index (χ2v) is 6.46. The highest BCUT2D eigenvalue weighted by atomic mass is 32.2. The summed E-state index contributed by atoms with van der Waals surface area (Å²) >= 11 is 1.54. The fraction of sp³-hybridized carbons (Fsp3) is 0.158. The molecule has 0 N–H and O–H groups in total. The largest absolute Gasteiger partial charge is 0.451 e. The van der Waals surface area contributed by atoms with Crippen molar-refractivity contribution in [2.75, 3.05) is 0 Å². The molecule has 5 heteroatoms. The Kier molecular flexibility index (Phi) is 3.94. The molecule has 24 heavy (non-hydrogen) atoms. The lowest BCUT2D eigenvalue weighted by molar-refractivity contribution is 0.626. The summed E-state index contributed by atoms with van der Waals surface area (Å²) in [5.41, 5.74) is 3.28. The smallest absolute Gasteiger partial charge is 0.186 e. The van der Waals surface area contributed by atoms with E-state index in [2.05, 4.69) is 9.97 Å². The molecular formula is C19H15FN2OS. The highest BCUT2D eigenvalue weighted by molar-refractivity contribution is 7.98. The van der Waals surface area contributed by atoms with E-state index in [0.717, 1.165) is 39.3 Å². The first-order valence-corrected chi connectivity index (χ1v) is 8.78. The first-order valence-electron chi connectivity index (χ1n) is 7.80. The molecule has 0 aliphatic heterocycles. The van der Waals surface area contributed by atoms with E-state index in [1.54, 1.807) is 23.9 Å². The second-order valence-electron chi connectivity index (χ2n) is 5.49. The Bertz CT molecular complexity index is 1030. The molecule has 2 aromatic heterocycles. The van der Waals surface area contributed by atoms with E-state index in [1.165, 1.54) is 6.07 Å². The summed E-state index contributed by atoms with van der Waals surface area (Å²) < 4.78 is 19.3. The van der Waals surface area contributed by atoms with Crippen molar-refractivity contribution in [1.29, 1.82) is 0 Å². The summed E-state index contributed by atoms with van der Waals surface area (Å²) in [4.78, 5) is 9.25. The number of rotatable bonds is 4. The maximum absolute atomic E-state index is 13.4. The molecule has 2 aromatic carbocycles. The Balaban J connectivity index is 1.78. The molecule has 0 fully saturated rings. The first kappa shape index (κ1) is 15.1. The quantitative estimate of drug-likeness (QED) is 0.370. The van der Waals surface area contributed by atoms with Crippen LogP contribution in [-0.2, 0) is 12.2 Å². The van der Waals surface area contributed by atoms with E-state index >= 15 is 0 Å². The third kappa shape index (κ3) is 2.76. The molecule has 120 valence electrons. The number of aryl methyl sites for hydroxylation is 1. The van der Waals surface area contributed by atoms with Crippen LogP contribution in [0, 0.1) is 5.82 Å². The van der Waals surface area contributed by atoms with Gasteiger partial charge in [0.15, 0.2) is 5.58 Å². The number of furan rings is 1. The van der Waals surface area contributed by atoms with Crippen molar-refractivity contribution < 1.29 is 8.81 Å². The van der Waals surface area contributed by atoms with Crippen LogP contribution in [0.3, 0.4) is 0 Å². The summed E-state index contributed by atoms with van der Waals surface area (Å²) in [6.07, 6.45) is 0.753. The molecule has 0 spiro atoms. The zero-order chi connectivity index (χ0) is 16.5. The Morgan fingerprint density at radius 2 is 1.96 bits per heavy atom. The average molecular weight is 338 g/mol. The van der Waals surface area contributed by atoms with Gasteiger partial charge in [-0.25, -0.2) is 14.4 Å². The topological polar surface area (TPSA) is 38.9 Å². The number of hydrogen-bond acceptors (Lipinski definition) is 4. The van der Waals surface area contributed by atoms with Crippen molar-refractivity contribution in [3.63, 3.8) is 0 Å². The Morgan fingerprint density at radius 1 is 1.08 bits per heavy atom. The Hall–Kier alpha value is -2.40. The van der Waals surface area contributed by atoms with Crippen LogP contribution >= 0.6 is 11.8 Å². The number of thioether (sulfide) groups is 1. The summed E-state index contributed by atoms with van der Waals surface area (Å²) in [7, 11) is 0. The minimum absolute atomic E-state index is 0.223. The van der Waals surface area contributed by atoms with Gasteiger partial charge in [-0.05, 0) is 29.8 Å². The molecule has 4 rings (SSSR count). The van der Waals surface area contributed by atoms with Gasteiger partial charge in [0, 0.05) is 17.6 Å². The molecule has 0 amide bonds. The van der Waals surface area contributed by atoms with E-state index < -0.39 is 0 Å². The number of nitrogens with zero attached hydrogens (tertiary/aromatic N) is 2. The number of fused-ring (bicyclic) bond motifs is 3. The lowest BCUT2D eigenvalue weighted by atomic mass is 10.2. The molecule has 0 bridgehead atoms. The van der Waals surface area contributed by atoms with Crippen molar-refractivity contribution in [2.24, 2.45) is 0 Å². The van der Waals surface area contributed by atoms with Crippen molar-refractivity contribution in [3.05, 3.63) is 65.7 Å². The van der Waals surface area contributed by atoms with Gasteiger partial charge in [0.05, 0.1) is 0 Å². The third-order valence-electron chi connectivity index (χ3n) is 3.82. The Morgan fingerprint density at radius 3 is 2.79 bits per heavy atom. The number of hydrogen-bond donors (Lipinski definition) is 0. The molecule has 0 saturated heterocycles. The van der Waals surface area contributed by atoms with Gasteiger partial charge in [-0.1, -0.05) is 43.0 Å². The Labute approximate surface area is 142 Å². The highest BCUT2D eigenvalue weighted by Gasteiger charge is 2.15. The highest BCUT2D eigenvalue weighted by Crippen LogP contribution is 2.34. The second kappa shape index (κ2) is 6.24. The fourth-order valence-corrected chi connectivity index (χ4v) is 3.57. The minimum Gasteiger partial charge on any atom is -0.451 e. The van der Waals surface area contributed by atoms with Gasteiger partial charge in [0.25, 0.3) is 0 Å². The molecule has 0 aliphatic rings. The normalized spacial score (nSPS) is 11.4. The van der Waals surface area contributed by atoms with Crippen LogP contribution in [0.2, 0.25) is 0 Å². The van der Waals surface area contributed by atoms with Crippen molar-refractivity contribution in [2.45, 2.75) is 24.1 Å². The molecule has 0 atom stereocenters. The molecule has 2 heterocycles. The maximum atomic E-state index is 13.4. The van der Waals surface area contributed by atoms with Gasteiger partial charge in [-0.2, -0.15) is 0 Å². The van der Waals surface area contributed by atoms with Gasteiger partial charge < -0.3 is 4.42 Å². The fourth-order valence-electron chi connectivity index (χ4n) is 2.64. The van der Waals surface area contributed by atoms with E-state index in [-0.39, 0.29) is 5.82 Å². The maximum Gasteiger partial charge on any atom is 0.186 e. The van der Waals surface area contributed by atoms with Crippen LogP contribution in [0.15, 0.2) is 58.0 Å². The zero-order valence-corrected chi connectivity index (χ0v) is 13.9. The summed E-state index contributed by atoms with van der Waals surface area (Å²) in [5, 5.41) is 1.80. The first-order chi connectivity index (χ1) is 11.7. The van der Waals surface area contributed by atoms with Crippen LogP contribution in [0.25, 0.3) is 22.1 Å². The van der Waals surface area contributed by atoms with Crippen molar-refractivity contribution in [3.8, 4) is 0 Å². The van der Waals surface area contributed by atoms with Crippen molar-refractivity contribution >= 4 is 33.8 Å². The molecule has 0 aliphatic carbocycles. The van der Waals surface area contributed by atoms with Crippen LogP contribution in [0.4, 0.5) is 4.39 Å². The number of para-hydroxylation sites is 1. The van der Waals surface area contributed by atoms with E-state index in [0.29, 0.717) is 11.3 Å². The minimum atomic E-state index is -0.223. The van der Waals surface area contributed by atoms with Gasteiger partial charge >= 0.3 is 0 Å². The van der Waals surface area contributed by atoms with E-state index in [4.69, 9.17) is 4.42 Å². The van der Waals surface area contributed by atoms with E-state index in [9.17, 15) is 4.39 Å². The molecule has 4 aromatic rings. The summed E-state index contributed by atoms with van der Waals surface area (Å²) in [6, 6.07) is 14.5.